The van der Waals surface area contributed by atoms with Crippen molar-refractivity contribution in [3.63, 3.8) is 0 Å². The Morgan fingerprint density at radius 1 is 1.28 bits per heavy atom. The standard InChI is InChI=1S/C19H27N5O/c1-14-18(19(25)21-11-7-16-6-4-5-10-20-16)22-15(2)24(14)17-8-12-23(3)13-9-17/h4-6,10,17H,7-9,11-13H2,1-3H3,(H,21,25). The molecule has 0 saturated carbocycles. The molecule has 0 spiro atoms. The number of carbonyl (C=O) groups excluding carboxylic acids is 1. The fourth-order valence-electron chi connectivity index (χ4n) is 3.59. The molecule has 6 nitrogen and oxygen atoms in total. The molecule has 134 valence electrons. The number of nitrogens with zero attached hydrogens (tertiary/aromatic N) is 4. The molecule has 0 atom stereocenters. The minimum absolute atomic E-state index is 0.0943. The van der Waals surface area contributed by atoms with Gasteiger partial charge in [-0.3, -0.25) is 9.78 Å². The largest absolute Gasteiger partial charge is 0.350 e. The zero-order chi connectivity index (χ0) is 17.8. The van der Waals surface area contributed by atoms with Crippen molar-refractivity contribution in [2.45, 2.75) is 39.2 Å². The van der Waals surface area contributed by atoms with Gasteiger partial charge in [0.25, 0.3) is 5.91 Å². The van der Waals surface area contributed by atoms with Gasteiger partial charge in [-0.1, -0.05) is 6.07 Å². The van der Waals surface area contributed by atoms with Gasteiger partial charge < -0.3 is 14.8 Å². The van der Waals surface area contributed by atoms with E-state index in [1.165, 1.54) is 0 Å². The first-order chi connectivity index (χ1) is 12.1. The van der Waals surface area contributed by atoms with Gasteiger partial charge in [0.05, 0.1) is 0 Å². The van der Waals surface area contributed by atoms with Crippen LogP contribution in [-0.4, -0.2) is 52.0 Å². The maximum Gasteiger partial charge on any atom is 0.271 e. The van der Waals surface area contributed by atoms with Gasteiger partial charge in [0.2, 0.25) is 0 Å². The second kappa shape index (κ2) is 7.78. The molecule has 0 aliphatic carbocycles. The van der Waals surface area contributed by atoms with Crippen molar-refractivity contribution in [1.82, 2.24) is 24.8 Å². The number of nitrogens with one attached hydrogen (secondary N) is 1. The van der Waals surface area contributed by atoms with Crippen LogP contribution in [-0.2, 0) is 6.42 Å². The van der Waals surface area contributed by atoms with Crippen molar-refractivity contribution in [2.75, 3.05) is 26.7 Å². The number of aromatic nitrogens is 3. The third-order valence-corrected chi connectivity index (χ3v) is 4.99. The fraction of sp³-hybridized carbons (Fsp3) is 0.526. The third kappa shape index (κ3) is 4.07. The zero-order valence-corrected chi connectivity index (χ0v) is 15.3. The van der Waals surface area contributed by atoms with Crippen LogP contribution in [0.1, 0.15) is 46.6 Å². The summed E-state index contributed by atoms with van der Waals surface area (Å²) in [5, 5.41) is 2.98. The molecule has 0 unspecified atom stereocenters. The van der Waals surface area contributed by atoms with Crippen LogP contribution in [0.15, 0.2) is 24.4 Å². The molecule has 25 heavy (non-hydrogen) atoms. The average molecular weight is 341 g/mol. The molecule has 1 saturated heterocycles. The number of likely N-dealkylation sites (tertiary alicyclic amines) is 1. The summed E-state index contributed by atoms with van der Waals surface area (Å²) in [5.41, 5.74) is 2.51. The van der Waals surface area contributed by atoms with Gasteiger partial charge in [0, 0.05) is 36.6 Å². The second-order valence-corrected chi connectivity index (χ2v) is 6.82. The molecule has 0 radical (unpaired) electrons. The number of aryl methyl sites for hydroxylation is 1. The minimum Gasteiger partial charge on any atom is -0.350 e. The summed E-state index contributed by atoms with van der Waals surface area (Å²) in [6, 6.07) is 6.26. The number of carbonyl (C=O) groups is 1. The van der Waals surface area contributed by atoms with Gasteiger partial charge >= 0.3 is 0 Å². The molecule has 1 aliphatic heterocycles. The van der Waals surface area contributed by atoms with E-state index in [-0.39, 0.29) is 5.91 Å². The smallest absolute Gasteiger partial charge is 0.271 e. The van der Waals surface area contributed by atoms with E-state index in [1.54, 1.807) is 6.20 Å². The summed E-state index contributed by atoms with van der Waals surface area (Å²) in [6.07, 6.45) is 4.71. The second-order valence-electron chi connectivity index (χ2n) is 6.82. The molecule has 2 aromatic rings. The Morgan fingerprint density at radius 3 is 2.72 bits per heavy atom. The average Bonchev–Trinajstić information content (AvgIpc) is 2.91. The highest BCUT2D eigenvalue weighted by atomic mass is 16.1. The molecule has 2 aromatic heterocycles. The van der Waals surface area contributed by atoms with Gasteiger partial charge in [0.15, 0.2) is 0 Å². The molecule has 3 rings (SSSR count). The van der Waals surface area contributed by atoms with Crippen molar-refractivity contribution >= 4 is 5.91 Å². The summed E-state index contributed by atoms with van der Waals surface area (Å²) >= 11 is 0. The topological polar surface area (TPSA) is 63.1 Å². The van der Waals surface area contributed by atoms with Gasteiger partial charge in [-0.15, -0.1) is 0 Å². The van der Waals surface area contributed by atoms with Gasteiger partial charge in [-0.2, -0.15) is 0 Å². The molecule has 3 heterocycles. The summed E-state index contributed by atoms with van der Waals surface area (Å²) in [4.78, 5) is 23.7. The van der Waals surface area contributed by atoms with Crippen LogP contribution < -0.4 is 5.32 Å². The third-order valence-electron chi connectivity index (χ3n) is 4.99. The highest BCUT2D eigenvalue weighted by Crippen LogP contribution is 2.26. The predicted molar refractivity (Wildman–Crippen MR) is 97.7 cm³/mol. The first-order valence-corrected chi connectivity index (χ1v) is 8.98. The maximum atomic E-state index is 12.5. The van der Waals surface area contributed by atoms with Crippen LogP contribution in [0, 0.1) is 13.8 Å². The Hall–Kier alpha value is -2.21. The van der Waals surface area contributed by atoms with Crippen molar-refractivity contribution in [3.8, 4) is 0 Å². The van der Waals surface area contributed by atoms with E-state index in [9.17, 15) is 4.79 Å². The van der Waals surface area contributed by atoms with Gasteiger partial charge in [0.1, 0.15) is 11.5 Å². The van der Waals surface area contributed by atoms with E-state index in [0.717, 1.165) is 49.6 Å². The summed E-state index contributed by atoms with van der Waals surface area (Å²) in [6.45, 7) is 6.75. The number of imidazole rings is 1. The predicted octanol–water partition coefficient (Wildman–Crippen LogP) is 2.13. The van der Waals surface area contributed by atoms with Crippen molar-refractivity contribution in [2.24, 2.45) is 0 Å². The molecule has 1 fully saturated rings. The summed E-state index contributed by atoms with van der Waals surface area (Å²) < 4.78 is 2.25. The Labute approximate surface area is 149 Å². The van der Waals surface area contributed by atoms with Crippen LogP contribution in [0.3, 0.4) is 0 Å². The minimum atomic E-state index is -0.0943. The molecule has 1 aliphatic rings. The van der Waals surface area contributed by atoms with Crippen LogP contribution in [0.5, 0.6) is 0 Å². The van der Waals surface area contributed by atoms with Crippen molar-refractivity contribution in [3.05, 3.63) is 47.3 Å². The monoisotopic (exact) mass is 341 g/mol. The first-order valence-electron chi connectivity index (χ1n) is 8.98. The highest BCUT2D eigenvalue weighted by Gasteiger charge is 2.25. The van der Waals surface area contributed by atoms with E-state index in [1.807, 2.05) is 32.0 Å². The van der Waals surface area contributed by atoms with Crippen molar-refractivity contribution in [1.29, 1.82) is 0 Å². The molecule has 1 N–H and O–H groups in total. The number of amides is 1. The van der Waals surface area contributed by atoms with E-state index < -0.39 is 0 Å². The number of rotatable bonds is 5. The summed E-state index contributed by atoms with van der Waals surface area (Å²) in [7, 11) is 2.16. The van der Waals surface area contributed by atoms with Crippen LogP contribution >= 0.6 is 0 Å². The Bertz CT molecular complexity index is 717. The lowest BCUT2D eigenvalue weighted by Crippen LogP contribution is -2.32. The Balaban J connectivity index is 1.64. The van der Waals surface area contributed by atoms with E-state index in [2.05, 4.69) is 31.8 Å². The molecule has 0 aromatic carbocycles. The van der Waals surface area contributed by atoms with E-state index in [4.69, 9.17) is 0 Å². The van der Waals surface area contributed by atoms with Gasteiger partial charge in [-0.05, 0) is 59.0 Å². The Morgan fingerprint density at radius 2 is 2.04 bits per heavy atom. The first kappa shape index (κ1) is 17.6. The van der Waals surface area contributed by atoms with E-state index in [0.29, 0.717) is 18.3 Å². The SMILES string of the molecule is Cc1nc(C(=O)NCCc2ccccn2)c(C)n1C1CCN(C)CC1. The van der Waals surface area contributed by atoms with Gasteiger partial charge in [-0.25, -0.2) is 4.98 Å². The van der Waals surface area contributed by atoms with Crippen LogP contribution in [0.25, 0.3) is 0 Å². The lowest BCUT2D eigenvalue weighted by Gasteiger charge is -2.31. The lowest BCUT2D eigenvalue weighted by atomic mass is 10.0. The summed E-state index contributed by atoms with van der Waals surface area (Å²) in [5.74, 6) is 0.838. The number of hydrogen-bond donors (Lipinski definition) is 1. The molecular weight excluding hydrogens is 314 g/mol. The van der Waals surface area contributed by atoms with Crippen molar-refractivity contribution < 1.29 is 4.79 Å². The molecule has 1 amide bonds. The maximum absolute atomic E-state index is 12.5. The normalized spacial score (nSPS) is 16.1. The Kier molecular flexibility index (Phi) is 5.48. The highest BCUT2D eigenvalue weighted by molar-refractivity contribution is 5.93. The molecule has 0 bridgehead atoms. The number of hydrogen-bond acceptors (Lipinski definition) is 4. The number of piperidine rings is 1. The molecule has 6 heteroatoms. The van der Waals surface area contributed by atoms with Crippen LogP contribution in [0.2, 0.25) is 0 Å². The number of pyridine rings is 1. The lowest BCUT2D eigenvalue weighted by molar-refractivity contribution is 0.0948. The fourth-order valence-corrected chi connectivity index (χ4v) is 3.59. The quantitative estimate of drug-likeness (QED) is 0.905. The zero-order valence-electron chi connectivity index (χ0n) is 15.3. The van der Waals surface area contributed by atoms with Crippen LogP contribution in [0.4, 0.5) is 0 Å². The van der Waals surface area contributed by atoms with E-state index >= 15 is 0 Å². The molecular formula is C19H27N5O.